The summed E-state index contributed by atoms with van der Waals surface area (Å²) in [4.78, 5) is 0. The molecule has 1 saturated heterocycles. The molecule has 2 rings (SSSR count). The number of rotatable bonds is 4. The van der Waals surface area contributed by atoms with Gasteiger partial charge < -0.3 is 5.73 Å². The number of hydrogen-bond donors (Lipinski definition) is 1. The van der Waals surface area contributed by atoms with Gasteiger partial charge in [0, 0.05) is 18.6 Å². The van der Waals surface area contributed by atoms with Gasteiger partial charge in [-0.1, -0.05) is 26.7 Å². The van der Waals surface area contributed by atoms with E-state index in [1.165, 1.54) is 19.1 Å². The molecule has 0 aromatic rings. The summed E-state index contributed by atoms with van der Waals surface area (Å²) in [5, 5.41) is 0. The molecule has 2 aliphatic rings. The number of hydrogen-bond acceptors (Lipinski definition) is 3. The molecule has 1 heterocycles. The lowest BCUT2D eigenvalue weighted by Gasteiger charge is -2.43. The van der Waals surface area contributed by atoms with Gasteiger partial charge >= 0.3 is 0 Å². The van der Waals surface area contributed by atoms with Gasteiger partial charge in [-0.2, -0.15) is 0 Å². The first kappa shape index (κ1) is 17.2. The van der Waals surface area contributed by atoms with Crippen molar-refractivity contribution >= 4 is 10.0 Å². The summed E-state index contributed by atoms with van der Waals surface area (Å²) in [6.45, 7) is 5.94. The molecule has 4 nitrogen and oxygen atoms in total. The second-order valence-electron chi connectivity index (χ2n) is 7.80. The van der Waals surface area contributed by atoms with Crippen molar-refractivity contribution in [3.05, 3.63) is 0 Å². The van der Waals surface area contributed by atoms with Crippen LogP contribution in [0.3, 0.4) is 0 Å². The molecule has 0 radical (unpaired) electrons. The Balaban J connectivity index is 1.96. The van der Waals surface area contributed by atoms with Crippen molar-refractivity contribution in [1.82, 2.24) is 4.31 Å². The van der Waals surface area contributed by atoms with E-state index in [4.69, 9.17) is 5.73 Å². The highest BCUT2D eigenvalue weighted by Gasteiger charge is 2.37. The molecule has 3 unspecified atom stereocenters. The van der Waals surface area contributed by atoms with Gasteiger partial charge in [-0.3, -0.25) is 0 Å². The van der Waals surface area contributed by atoms with E-state index >= 15 is 0 Å². The molecule has 3 atom stereocenters. The molecule has 1 aliphatic heterocycles. The van der Waals surface area contributed by atoms with Gasteiger partial charge in [-0.05, 0) is 49.9 Å². The average molecular weight is 317 g/mol. The third-order valence-corrected chi connectivity index (χ3v) is 6.78. The topological polar surface area (TPSA) is 63.4 Å². The zero-order chi connectivity index (χ0) is 15.7. The standard InChI is InChI=1S/C16H32N2O2S/c1-13(2)15-7-4-8-16(17,11-15)10-14-6-5-9-18(12-14)21(3,19)20/h13-15H,4-12,17H2,1-3H3. The summed E-state index contributed by atoms with van der Waals surface area (Å²) in [5.74, 6) is 1.87. The molecule has 2 N–H and O–H groups in total. The van der Waals surface area contributed by atoms with E-state index in [-0.39, 0.29) is 5.54 Å². The van der Waals surface area contributed by atoms with Crippen molar-refractivity contribution < 1.29 is 8.42 Å². The Kier molecular flexibility index (Phi) is 5.37. The van der Waals surface area contributed by atoms with Crippen molar-refractivity contribution in [2.24, 2.45) is 23.5 Å². The summed E-state index contributed by atoms with van der Waals surface area (Å²) in [6, 6.07) is 0. The molecule has 21 heavy (non-hydrogen) atoms. The van der Waals surface area contributed by atoms with Gasteiger partial charge in [0.2, 0.25) is 10.0 Å². The quantitative estimate of drug-likeness (QED) is 0.867. The predicted molar refractivity (Wildman–Crippen MR) is 87.5 cm³/mol. The smallest absolute Gasteiger partial charge is 0.211 e. The fourth-order valence-electron chi connectivity index (χ4n) is 4.27. The average Bonchev–Trinajstić information content (AvgIpc) is 2.37. The summed E-state index contributed by atoms with van der Waals surface area (Å²) >= 11 is 0. The lowest BCUT2D eigenvalue weighted by atomic mass is 9.68. The Hall–Kier alpha value is -0.130. The first-order chi connectivity index (χ1) is 9.70. The van der Waals surface area contributed by atoms with Gasteiger partial charge in [0.05, 0.1) is 6.26 Å². The van der Waals surface area contributed by atoms with Crippen LogP contribution < -0.4 is 5.73 Å². The van der Waals surface area contributed by atoms with E-state index in [1.54, 1.807) is 4.31 Å². The normalized spacial score (nSPS) is 36.0. The maximum Gasteiger partial charge on any atom is 0.211 e. The fraction of sp³-hybridized carbons (Fsp3) is 1.00. The predicted octanol–water partition coefficient (Wildman–Crippen LogP) is 2.59. The van der Waals surface area contributed by atoms with Crippen molar-refractivity contribution in [2.45, 2.75) is 64.3 Å². The van der Waals surface area contributed by atoms with E-state index < -0.39 is 10.0 Å². The molecule has 1 saturated carbocycles. The van der Waals surface area contributed by atoms with E-state index in [9.17, 15) is 8.42 Å². The number of nitrogens with zero attached hydrogens (tertiary/aromatic N) is 1. The molecule has 0 spiro atoms. The highest BCUT2D eigenvalue weighted by atomic mass is 32.2. The van der Waals surface area contributed by atoms with E-state index in [1.807, 2.05) is 0 Å². The minimum absolute atomic E-state index is 0.0711. The first-order valence-electron chi connectivity index (χ1n) is 8.44. The second-order valence-corrected chi connectivity index (χ2v) is 9.78. The van der Waals surface area contributed by atoms with Gasteiger partial charge in [0.15, 0.2) is 0 Å². The van der Waals surface area contributed by atoms with Crippen molar-refractivity contribution in [3.63, 3.8) is 0 Å². The molecule has 124 valence electrons. The zero-order valence-electron chi connectivity index (χ0n) is 13.8. The highest BCUT2D eigenvalue weighted by Crippen LogP contribution is 2.39. The monoisotopic (exact) mass is 316 g/mol. The molecule has 2 fully saturated rings. The van der Waals surface area contributed by atoms with Crippen LogP contribution in [-0.4, -0.2) is 37.6 Å². The molecule has 0 aromatic heterocycles. The highest BCUT2D eigenvalue weighted by molar-refractivity contribution is 7.88. The van der Waals surface area contributed by atoms with Gasteiger partial charge in [0.25, 0.3) is 0 Å². The Labute approximate surface area is 130 Å². The fourth-order valence-corrected chi connectivity index (χ4v) is 5.21. The number of sulfonamides is 1. The minimum atomic E-state index is -3.05. The number of piperidine rings is 1. The van der Waals surface area contributed by atoms with Gasteiger partial charge in [0.1, 0.15) is 0 Å². The Bertz CT molecular complexity index is 449. The van der Waals surface area contributed by atoms with E-state index in [0.717, 1.165) is 38.0 Å². The van der Waals surface area contributed by atoms with Crippen LogP contribution >= 0.6 is 0 Å². The van der Waals surface area contributed by atoms with Crippen LogP contribution in [0.2, 0.25) is 0 Å². The van der Waals surface area contributed by atoms with Crippen LogP contribution in [0.15, 0.2) is 0 Å². The SMILES string of the molecule is CC(C)C1CCCC(N)(CC2CCCN(S(C)(=O)=O)C2)C1. The van der Waals surface area contributed by atoms with Crippen molar-refractivity contribution in [3.8, 4) is 0 Å². The van der Waals surface area contributed by atoms with E-state index in [0.29, 0.717) is 24.9 Å². The summed E-state index contributed by atoms with van der Waals surface area (Å²) in [6.07, 6.45) is 9.15. The molecule has 5 heteroatoms. The molecule has 1 aliphatic carbocycles. The molecule has 0 bridgehead atoms. The van der Waals surface area contributed by atoms with Crippen LogP contribution in [0, 0.1) is 17.8 Å². The summed E-state index contributed by atoms with van der Waals surface area (Å²) in [5.41, 5.74) is 6.63. The van der Waals surface area contributed by atoms with E-state index in [2.05, 4.69) is 13.8 Å². The first-order valence-corrected chi connectivity index (χ1v) is 10.3. The maximum absolute atomic E-state index is 11.7. The summed E-state index contributed by atoms with van der Waals surface area (Å²) in [7, 11) is -3.05. The molecule has 0 aromatic carbocycles. The summed E-state index contributed by atoms with van der Waals surface area (Å²) < 4.78 is 25.1. The maximum atomic E-state index is 11.7. The largest absolute Gasteiger partial charge is 0.325 e. The third kappa shape index (κ3) is 4.67. The van der Waals surface area contributed by atoms with Crippen molar-refractivity contribution in [2.75, 3.05) is 19.3 Å². The molecule has 0 amide bonds. The van der Waals surface area contributed by atoms with Crippen LogP contribution in [0.1, 0.15) is 58.8 Å². The Morgan fingerprint density at radius 2 is 2.00 bits per heavy atom. The number of nitrogens with two attached hydrogens (primary N) is 1. The minimum Gasteiger partial charge on any atom is -0.325 e. The van der Waals surface area contributed by atoms with Crippen LogP contribution in [0.25, 0.3) is 0 Å². The Morgan fingerprint density at radius 3 is 2.62 bits per heavy atom. The van der Waals surface area contributed by atoms with Crippen LogP contribution in [0.4, 0.5) is 0 Å². The third-order valence-electron chi connectivity index (χ3n) is 5.51. The lowest BCUT2D eigenvalue weighted by Crippen LogP contribution is -2.49. The van der Waals surface area contributed by atoms with Crippen molar-refractivity contribution in [1.29, 1.82) is 0 Å². The van der Waals surface area contributed by atoms with Gasteiger partial charge in [-0.25, -0.2) is 12.7 Å². The molecular weight excluding hydrogens is 284 g/mol. The lowest BCUT2D eigenvalue weighted by molar-refractivity contribution is 0.136. The Morgan fingerprint density at radius 1 is 1.29 bits per heavy atom. The van der Waals surface area contributed by atoms with Crippen LogP contribution in [0.5, 0.6) is 0 Å². The molecular formula is C16H32N2O2S. The van der Waals surface area contributed by atoms with Crippen LogP contribution in [-0.2, 0) is 10.0 Å². The zero-order valence-corrected chi connectivity index (χ0v) is 14.7. The van der Waals surface area contributed by atoms with Gasteiger partial charge in [-0.15, -0.1) is 0 Å². The second kappa shape index (κ2) is 6.55.